The summed E-state index contributed by atoms with van der Waals surface area (Å²) in [5.74, 6) is 0. The molecule has 0 heterocycles. The molecule has 0 unspecified atom stereocenters. The van der Waals surface area contributed by atoms with Crippen LogP contribution >= 0.6 is 23.2 Å². The zero-order valence-corrected chi connectivity index (χ0v) is 18.1. The van der Waals surface area contributed by atoms with E-state index in [1.807, 2.05) is 0 Å². The molecule has 0 amide bonds. The Morgan fingerprint density at radius 3 is 1.66 bits per heavy atom. The van der Waals surface area contributed by atoms with Gasteiger partial charge in [0.05, 0.1) is 14.8 Å². The highest BCUT2D eigenvalue weighted by Crippen LogP contribution is 2.36. The van der Waals surface area contributed by atoms with Crippen LogP contribution in [-0.2, 0) is 12.8 Å². The Labute approximate surface area is 191 Å². The van der Waals surface area contributed by atoms with Gasteiger partial charge in [0.1, 0.15) is 10.0 Å². The predicted octanol–water partition coefficient (Wildman–Crippen LogP) is 6.21. The summed E-state index contributed by atoms with van der Waals surface area (Å²) >= 11 is 12.0. The van der Waals surface area contributed by atoms with Crippen molar-refractivity contribution in [1.82, 2.24) is 0 Å². The number of para-hydroxylation sites is 2. The third-order valence-corrected chi connectivity index (χ3v) is 5.73. The van der Waals surface area contributed by atoms with Gasteiger partial charge in [0.25, 0.3) is 17.1 Å². The molecule has 0 aliphatic rings. The molecule has 0 aromatic heterocycles. The van der Waals surface area contributed by atoms with E-state index in [-0.39, 0.29) is 45.5 Å². The number of nitrogens with zero attached hydrogens (tertiary/aromatic N) is 3. The maximum absolute atomic E-state index is 11.5. The second kappa shape index (κ2) is 9.29. The SMILES string of the molecule is Cc1c([N+](=O)[O-])ccc(Cc2cccc(Cl)c2[N+](=O)[O-])c1Cc1cccc(Cl)c1[N+](=O)[O-]. The van der Waals surface area contributed by atoms with Gasteiger partial charge in [-0.2, -0.15) is 0 Å². The third kappa shape index (κ3) is 4.53. The number of benzene rings is 3. The fourth-order valence-corrected chi connectivity index (χ4v) is 4.15. The molecule has 164 valence electrons. The van der Waals surface area contributed by atoms with Gasteiger partial charge in [-0.25, -0.2) is 0 Å². The van der Waals surface area contributed by atoms with Gasteiger partial charge in [-0.1, -0.05) is 53.5 Å². The van der Waals surface area contributed by atoms with Crippen molar-refractivity contribution >= 4 is 40.3 Å². The fraction of sp³-hybridized carbons (Fsp3) is 0.143. The normalized spacial score (nSPS) is 10.7. The summed E-state index contributed by atoms with van der Waals surface area (Å²) in [5.41, 5.74) is 1.20. The van der Waals surface area contributed by atoms with Crippen LogP contribution in [0, 0.1) is 37.3 Å². The molecule has 11 heteroatoms. The first-order valence-electron chi connectivity index (χ1n) is 9.21. The molecule has 0 fully saturated rings. The standard InChI is InChI=1S/C21H15Cl2N3O6/c1-12-16(11-15-5-3-7-18(23)21(15)26(31)32)13(8-9-19(12)24(27)28)10-14-4-2-6-17(22)20(14)25(29)30/h2-9H,10-11H2,1H3. The van der Waals surface area contributed by atoms with E-state index in [9.17, 15) is 30.3 Å². The fourth-order valence-electron chi connectivity index (χ4n) is 3.62. The maximum atomic E-state index is 11.5. The topological polar surface area (TPSA) is 129 Å². The van der Waals surface area contributed by atoms with Gasteiger partial charge in [-0.3, -0.25) is 30.3 Å². The molecule has 9 nitrogen and oxygen atoms in total. The van der Waals surface area contributed by atoms with Gasteiger partial charge in [-0.05, 0) is 30.2 Å². The second-order valence-corrected chi connectivity index (χ2v) is 7.78. The van der Waals surface area contributed by atoms with Crippen molar-refractivity contribution in [3.8, 4) is 0 Å². The summed E-state index contributed by atoms with van der Waals surface area (Å²) in [5, 5.41) is 34.5. The van der Waals surface area contributed by atoms with Crippen molar-refractivity contribution in [2.75, 3.05) is 0 Å². The van der Waals surface area contributed by atoms with E-state index in [0.29, 0.717) is 22.3 Å². The van der Waals surface area contributed by atoms with Gasteiger partial charge in [0, 0.05) is 35.6 Å². The lowest BCUT2D eigenvalue weighted by Gasteiger charge is -2.14. The van der Waals surface area contributed by atoms with Crippen LogP contribution in [0.15, 0.2) is 48.5 Å². The third-order valence-electron chi connectivity index (χ3n) is 5.12. The molecule has 0 saturated carbocycles. The summed E-state index contributed by atoms with van der Waals surface area (Å²) in [6.45, 7) is 1.54. The summed E-state index contributed by atoms with van der Waals surface area (Å²) < 4.78 is 0. The first-order valence-corrected chi connectivity index (χ1v) is 9.96. The Morgan fingerprint density at radius 1 is 0.688 bits per heavy atom. The van der Waals surface area contributed by atoms with Crippen molar-refractivity contribution in [2.24, 2.45) is 0 Å². The molecule has 3 aromatic carbocycles. The maximum Gasteiger partial charge on any atom is 0.291 e. The minimum atomic E-state index is -0.605. The van der Waals surface area contributed by atoms with E-state index in [2.05, 4.69) is 0 Å². The second-order valence-electron chi connectivity index (χ2n) is 6.97. The highest BCUT2D eigenvalue weighted by molar-refractivity contribution is 6.33. The Hall–Kier alpha value is -3.56. The highest BCUT2D eigenvalue weighted by Gasteiger charge is 2.25. The van der Waals surface area contributed by atoms with E-state index >= 15 is 0 Å². The Balaban J connectivity index is 2.19. The molecule has 0 aliphatic carbocycles. The largest absolute Gasteiger partial charge is 0.291 e. The summed E-state index contributed by atoms with van der Waals surface area (Å²) in [7, 11) is 0. The van der Waals surface area contributed by atoms with Crippen molar-refractivity contribution in [2.45, 2.75) is 19.8 Å². The number of hydrogen-bond acceptors (Lipinski definition) is 6. The molecule has 0 bridgehead atoms. The van der Waals surface area contributed by atoms with Crippen LogP contribution in [-0.4, -0.2) is 14.8 Å². The number of rotatable bonds is 7. The Kier molecular flexibility index (Phi) is 6.71. The van der Waals surface area contributed by atoms with Crippen molar-refractivity contribution in [1.29, 1.82) is 0 Å². The zero-order valence-electron chi connectivity index (χ0n) is 16.6. The average Bonchev–Trinajstić information content (AvgIpc) is 2.69. The van der Waals surface area contributed by atoms with Crippen LogP contribution in [0.25, 0.3) is 0 Å². The number of nitro groups is 3. The summed E-state index contributed by atoms with van der Waals surface area (Å²) in [6, 6.07) is 11.8. The van der Waals surface area contributed by atoms with Gasteiger partial charge < -0.3 is 0 Å². The van der Waals surface area contributed by atoms with E-state index in [4.69, 9.17) is 23.2 Å². The molecule has 0 aliphatic heterocycles. The minimum absolute atomic E-state index is 0.0198. The average molecular weight is 476 g/mol. The molecule has 0 radical (unpaired) electrons. The molecule has 0 spiro atoms. The van der Waals surface area contributed by atoms with E-state index in [0.717, 1.165) is 0 Å². The van der Waals surface area contributed by atoms with Crippen LogP contribution < -0.4 is 0 Å². The number of nitro benzene ring substituents is 3. The molecule has 0 saturated heterocycles. The van der Waals surface area contributed by atoms with E-state index in [1.165, 1.54) is 30.3 Å². The van der Waals surface area contributed by atoms with Gasteiger partial charge in [0.15, 0.2) is 0 Å². The zero-order chi connectivity index (χ0) is 23.6. The van der Waals surface area contributed by atoms with Gasteiger partial charge in [0.2, 0.25) is 0 Å². The lowest BCUT2D eigenvalue weighted by molar-refractivity contribution is -0.385. The molecule has 0 atom stereocenters. The molecular formula is C21H15Cl2N3O6. The molecule has 3 rings (SSSR count). The monoisotopic (exact) mass is 475 g/mol. The smallest absolute Gasteiger partial charge is 0.258 e. The highest BCUT2D eigenvalue weighted by atomic mass is 35.5. The first kappa shape index (κ1) is 23.1. The minimum Gasteiger partial charge on any atom is -0.258 e. The van der Waals surface area contributed by atoms with Crippen LogP contribution in [0.1, 0.15) is 27.8 Å². The van der Waals surface area contributed by atoms with Crippen molar-refractivity contribution in [3.05, 3.63) is 117 Å². The van der Waals surface area contributed by atoms with Crippen LogP contribution in [0.5, 0.6) is 0 Å². The lowest BCUT2D eigenvalue weighted by Crippen LogP contribution is -2.06. The lowest BCUT2D eigenvalue weighted by atomic mass is 9.90. The molecule has 0 N–H and O–H groups in total. The summed E-state index contributed by atoms with van der Waals surface area (Å²) in [6.07, 6.45) is 0.0352. The van der Waals surface area contributed by atoms with Crippen LogP contribution in [0.2, 0.25) is 10.0 Å². The predicted molar refractivity (Wildman–Crippen MR) is 120 cm³/mol. The van der Waals surface area contributed by atoms with E-state index < -0.39 is 14.8 Å². The Bertz CT molecular complexity index is 1260. The van der Waals surface area contributed by atoms with Gasteiger partial charge in [-0.15, -0.1) is 0 Å². The van der Waals surface area contributed by atoms with Crippen LogP contribution in [0.4, 0.5) is 17.1 Å². The summed E-state index contributed by atoms with van der Waals surface area (Å²) in [4.78, 5) is 32.8. The Morgan fingerprint density at radius 2 is 1.19 bits per heavy atom. The number of halogens is 2. The van der Waals surface area contributed by atoms with Crippen molar-refractivity contribution < 1.29 is 14.8 Å². The van der Waals surface area contributed by atoms with E-state index in [1.54, 1.807) is 25.1 Å². The number of hydrogen-bond donors (Lipinski definition) is 0. The molecule has 3 aromatic rings. The first-order chi connectivity index (χ1) is 15.1. The molecule has 32 heavy (non-hydrogen) atoms. The van der Waals surface area contributed by atoms with Crippen LogP contribution in [0.3, 0.4) is 0 Å². The van der Waals surface area contributed by atoms with Crippen molar-refractivity contribution in [3.63, 3.8) is 0 Å². The van der Waals surface area contributed by atoms with Gasteiger partial charge >= 0.3 is 0 Å². The quantitative estimate of drug-likeness (QED) is 0.295. The molecular weight excluding hydrogens is 461 g/mol.